The maximum atomic E-state index is 13.0. The van der Waals surface area contributed by atoms with Crippen molar-refractivity contribution in [3.63, 3.8) is 0 Å². The number of rotatable bonds is 2. The summed E-state index contributed by atoms with van der Waals surface area (Å²) in [6, 6.07) is 18.6. The number of carbonyl (C=O) groups excluding carboxylic acids is 1. The summed E-state index contributed by atoms with van der Waals surface area (Å²) in [6.07, 6.45) is -0.332. The molecule has 3 aromatic rings. The minimum atomic E-state index is -0.607. The molecule has 5 nitrogen and oxygen atoms in total. The van der Waals surface area contributed by atoms with Crippen LogP contribution in [0.3, 0.4) is 0 Å². The first-order valence-corrected chi connectivity index (χ1v) is 8.64. The van der Waals surface area contributed by atoms with Crippen LogP contribution in [0.25, 0.3) is 11.0 Å². The Bertz CT molecular complexity index is 996. The summed E-state index contributed by atoms with van der Waals surface area (Å²) in [7, 11) is 0. The van der Waals surface area contributed by atoms with Crippen LogP contribution in [-0.2, 0) is 4.74 Å². The number of carbonyl (C=O) groups is 1. The van der Waals surface area contributed by atoms with Crippen LogP contribution in [0.5, 0.6) is 0 Å². The van der Waals surface area contributed by atoms with E-state index in [-0.39, 0.29) is 23.7 Å². The highest BCUT2D eigenvalue weighted by molar-refractivity contribution is 5.96. The molecule has 0 spiro atoms. The molecule has 0 unspecified atom stereocenters. The van der Waals surface area contributed by atoms with Crippen LogP contribution in [-0.4, -0.2) is 30.0 Å². The lowest BCUT2D eigenvalue weighted by Crippen LogP contribution is -2.46. The quantitative estimate of drug-likeness (QED) is 0.666. The Morgan fingerprint density at radius 1 is 1.04 bits per heavy atom. The first kappa shape index (κ1) is 16.5. The number of para-hydroxylation sites is 1. The lowest BCUT2D eigenvalue weighted by atomic mass is 10.1. The Morgan fingerprint density at radius 2 is 1.77 bits per heavy atom. The highest BCUT2D eigenvalue weighted by Gasteiger charge is 2.31. The van der Waals surface area contributed by atoms with E-state index in [1.807, 2.05) is 49.4 Å². The zero-order valence-electron chi connectivity index (χ0n) is 14.4. The number of ether oxygens (including phenoxy) is 1. The molecule has 1 amide bonds. The summed E-state index contributed by atoms with van der Waals surface area (Å²) in [5.74, 6) is -0.319. The molecule has 132 valence electrons. The van der Waals surface area contributed by atoms with Gasteiger partial charge in [0.1, 0.15) is 17.3 Å². The first-order chi connectivity index (χ1) is 12.6. The second-order valence-corrected chi connectivity index (χ2v) is 6.54. The molecule has 4 rings (SSSR count). The van der Waals surface area contributed by atoms with Gasteiger partial charge in [0.05, 0.1) is 12.6 Å². The van der Waals surface area contributed by atoms with E-state index in [0.717, 1.165) is 10.9 Å². The lowest BCUT2D eigenvalue weighted by molar-refractivity contribution is -0.0692. The fourth-order valence-corrected chi connectivity index (χ4v) is 3.35. The topological polar surface area (TPSA) is 59.8 Å². The zero-order chi connectivity index (χ0) is 18.1. The van der Waals surface area contributed by atoms with E-state index in [0.29, 0.717) is 18.7 Å². The van der Waals surface area contributed by atoms with E-state index in [9.17, 15) is 9.59 Å². The van der Waals surface area contributed by atoms with Gasteiger partial charge in [-0.2, -0.15) is 0 Å². The molecule has 0 N–H and O–H groups in total. The van der Waals surface area contributed by atoms with Crippen molar-refractivity contribution in [2.45, 2.75) is 19.1 Å². The molecule has 0 bridgehead atoms. The van der Waals surface area contributed by atoms with Gasteiger partial charge in [0.2, 0.25) is 0 Å². The van der Waals surface area contributed by atoms with Gasteiger partial charge in [0.25, 0.3) is 5.91 Å². The van der Waals surface area contributed by atoms with Gasteiger partial charge in [-0.25, -0.2) is 4.79 Å². The van der Waals surface area contributed by atoms with Gasteiger partial charge in [0, 0.05) is 11.9 Å². The fourth-order valence-electron chi connectivity index (χ4n) is 3.35. The van der Waals surface area contributed by atoms with Crippen LogP contribution in [0.2, 0.25) is 0 Å². The van der Waals surface area contributed by atoms with Crippen molar-refractivity contribution in [3.05, 3.63) is 82.2 Å². The van der Waals surface area contributed by atoms with Crippen molar-refractivity contribution in [2.75, 3.05) is 13.1 Å². The van der Waals surface area contributed by atoms with Crippen LogP contribution in [0.1, 0.15) is 28.9 Å². The minimum absolute atomic E-state index is 0.0598. The van der Waals surface area contributed by atoms with Crippen molar-refractivity contribution in [2.24, 2.45) is 0 Å². The Kier molecular flexibility index (Phi) is 4.31. The second kappa shape index (κ2) is 6.77. The molecular formula is C21H19NO4. The number of fused-ring (bicyclic) bond motifs is 1. The first-order valence-electron chi connectivity index (χ1n) is 8.64. The van der Waals surface area contributed by atoms with Gasteiger partial charge in [-0.1, -0.05) is 48.5 Å². The van der Waals surface area contributed by atoms with Crippen molar-refractivity contribution in [1.82, 2.24) is 4.90 Å². The van der Waals surface area contributed by atoms with E-state index < -0.39 is 5.63 Å². The zero-order valence-corrected chi connectivity index (χ0v) is 14.4. The molecule has 1 aliphatic rings. The van der Waals surface area contributed by atoms with Crippen LogP contribution < -0.4 is 5.63 Å². The molecule has 2 aromatic carbocycles. The Balaban J connectivity index is 1.65. The van der Waals surface area contributed by atoms with Crippen molar-refractivity contribution in [1.29, 1.82) is 0 Å². The highest BCUT2D eigenvalue weighted by atomic mass is 16.5. The average Bonchev–Trinajstić information content (AvgIpc) is 2.67. The molecule has 1 aliphatic heterocycles. The monoisotopic (exact) mass is 349 g/mol. The number of hydrogen-bond acceptors (Lipinski definition) is 4. The number of nitrogens with zero attached hydrogens (tertiary/aromatic N) is 1. The second-order valence-electron chi connectivity index (χ2n) is 6.54. The summed E-state index contributed by atoms with van der Waals surface area (Å²) in [4.78, 5) is 27.0. The summed E-state index contributed by atoms with van der Waals surface area (Å²) >= 11 is 0. The number of hydrogen-bond donors (Lipinski definition) is 0. The molecule has 0 radical (unpaired) electrons. The van der Waals surface area contributed by atoms with E-state index >= 15 is 0 Å². The Hall–Kier alpha value is -2.92. The summed E-state index contributed by atoms with van der Waals surface area (Å²) < 4.78 is 11.3. The van der Waals surface area contributed by atoms with Crippen LogP contribution in [0.4, 0.5) is 0 Å². The third kappa shape index (κ3) is 3.13. The molecule has 2 heterocycles. The largest absolute Gasteiger partial charge is 0.422 e. The molecule has 1 aromatic heterocycles. The maximum Gasteiger partial charge on any atom is 0.349 e. The molecule has 26 heavy (non-hydrogen) atoms. The predicted molar refractivity (Wildman–Crippen MR) is 98.1 cm³/mol. The predicted octanol–water partition coefficient (Wildman–Crippen LogP) is 3.40. The molecule has 5 heteroatoms. The van der Waals surface area contributed by atoms with Gasteiger partial charge in [-0.3, -0.25) is 4.79 Å². The molecule has 0 aliphatic carbocycles. The number of morpholine rings is 1. The number of benzene rings is 2. The molecular weight excluding hydrogens is 330 g/mol. The minimum Gasteiger partial charge on any atom is -0.422 e. The highest BCUT2D eigenvalue weighted by Crippen LogP contribution is 2.26. The van der Waals surface area contributed by atoms with Crippen LogP contribution >= 0.6 is 0 Å². The standard InChI is InChI=1S/C21H19NO4/c1-14-12-22(13-19(25-14)15-7-3-2-4-8-15)20(23)17-11-16-9-5-6-10-18(16)26-21(17)24/h2-11,14,19H,12-13H2,1H3/t14-,19-/m0/s1. The van der Waals surface area contributed by atoms with E-state index in [1.165, 1.54) is 0 Å². The summed E-state index contributed by atoms with van der Waals surface area (Å²) in [5.41, 5.74) is 0.947. The Labute approximate surface area is 150 Å². The van der Waals surface area contributed by atoms with Crippen molar-refractivity contribution < 1.29 is 13.9 Å². The third-order valence-electron chi connectivity index (χ3n) is 4.59. The van der Waals surface area contributed by atoms with Gasteiger partial charge >= 0.3 is 5.63 Å². The fraction of sp³-hybridized carbons (Fsp3) is 0.238. The summed E-state index contributed by atoms with van der Waals surface area (Å²) in [5, 5.41) is 0.733. The van der Waals surface area contributed by atoms with Gasteiger partial charge < -0.3 is 14.1 Å². The molecule has 2 atom stereocenters. The summed E-state index contributed by atoms with van der Waals surface area (Å²) in [6.45, 7) is 2.77. The smallest absolute Gasteiger partial charge is 0.349 e. The van der Waals surface area contributed by atoms with Gasteiger partial charge in [-0.15, -0.1) is 0 Å². The SMILES string of the molecule is C[C@H]1CN(C(=O)c2cc3ccccc3oc2=O)C[C@@H](c2ccccc2)O1. The Morgan fingerprint density at radius 3 is 2.58 bits per heavy atom. The van der Waals surface area contributed by atoms with Crippen LogP contribution in [0.15, 0.2) is 69.9 Å². The average molecular weight is 349 g/mol. The van der Waals surface area contributed by atoms with Gasteiger partial charge in [-0.05, 0) is 24.6 Å². The number of amides is 1. The van der Waals surface area contributed by atoms with Crippen molar-refractivity contribution in [3.8, 4) is 0 Å². The molecule has 1 saturated heterocycles. The maximum absolute atomic E-state index is 13.0. The van der Waals surface area contributed by atoms with E-state index in [1.54, 1.807) is 23.1 Å². The van der Waals surface area contributed by atoms with E-state index in [2.05, 4.69) is 0 Å². The van der Waals surface area contributed by atoms with Crippen molar-refractivity contribution >= 4 is 16.9 Å². The van der Waals surface area contributed by atoms with Crippen LogP contribution in [0, 0.1) is 0 Å². The molecule has 0 saturated carbocycles. The lowest BCUT2D eigenvalue weighted by Gasteiger charge is -2.37. The van der Waals surface area contributed by atoms with Gasteiger partial charge in [0.15, 0.2) is 0 Å². The normalized spacial score (nSPS) is 20.3. The third-order valence-corrected chi connectivity index (χ3v) is 4.59. The van der Waals surface area contributed by atoms with E-state index in [4.69, 9.17) is 9.15 Å². The molecule has 1 fully saturated rings.